The number of hydrogen-bond acceptors (Lipinski definition) is 4. The molecule has 4 heteroatoms. The fraction of sp³-hybridized carbons (Fsp3) is 0.493. The zero-order valence-corrected chi connectivity index (χ0v) is 92.0. The Balaban J connectivity index is 0.826. The SMILES string of the molecule is CCCCCCCCC1(CCCCCCCC)c2cc(N(c3ccc4c(c3)C(C)(C)c3cc5c(cc3-4)C(C)(C)c3ccc4oc6ccccc6c4c3-5)c3ccc4c(c3)C(CCCCCCC)(CCCCCCC)c3c5c(c6oc7ccccc7c6c3-4)-c3ccccc3C5(CCCCCCC)CCCCCCC)ccc2-c2cc3c(cc21)-c1c(ccc2oc4ccccc4c12)C3(CCCCCCCC)CCCCCCCC. The van der Waals surface area contributed by atoms with Gasteiger partial charge in [0.15, 0.2) is 0 Å². The minimum atomic E-state index is -0.365. The molecular weight excluding hydrogens is 1770 g/mol. The highest BCUT2D eigenvalue weighted by atomic mass is 16.3. The highest BCUT2D eigenvalue weighted by Gasteiger charge is 2.56. The van der Waals surface area contributed by atoms with Crippen LogP contribution < -0.4 is 4.90 Å². The quantitative estimate of drug-likeness (QED) is 0.0356. The van der Waals surface area contributed by atoms with Gasteiger partial charge in [0.2, 0.25) is 0 Å². The second kappa shape index (κ2) is 44.2. The lowest BCUT2D eigenvalue weighted by atomic mass is 9.62. The number of hydrogen-bond donors (Lipinski definition) is 0. The van der Waals surface area contributed by atoms with Gasteiger partial charge in [-0.3, -0.25) is 0 Å². The smallest absolute Gasteiger partial charge is 0.144 e. The maximum Gasteiger partial charge on any atom is 0.144 e. The third-order valence-corrected chi connectivity index (χ3v) is 38.0. The first kappa shape index (κ1) is 102. The Morgan fingerprint density at radius 1 is 0.192 bits per heavy atom. The summed E-state index contributed by atoms with van der Waals surface area (Å²) in [6, 6.07) is 82.5. The van der Waals surface area contributed by atoms with Crippen molar-refractivity contribution in [3.8, 4) is 66.8 Å². The molecule has 764 valence electrons. The standard InChI is InChI=1S/C142H173NO3/c1-13-21-29-37-45-57-83-139(84-58-46-38-30-22-14-2)114-80-82-126-130(106-67-51-55-71-123(106)145-126)128(114)111-97-120-109(95-121(111)139)102-77-74-99(92-118(102)140(120,85-59-47-39-31-23-15-3)86-60-48-40-32-24-16-4)143(98-73-76-101-108-94-117-110(96-116(108)138(11,12)115(101)91-98)127-113(137(117,9)10)79-81-125-129(127)105-66-50-54-70-122(105)144-125)100-75-78-104-119(93-100)142(89-63-43-35-27-19-7,90-64-44-36-28-20-8)134-131(104)132-107-68-52-56-72-124(107)146-136(132)133-103-65-49-53-69-112(103)141(135(133)134,87-61-41-33-25-17-5)88-62-42-34-26-18-6/h49-56,65-82,91-97H,13-48,57-64,83-90H2,1-12H3. The van der Waals surface area contributed by atoms with Crippen molar-refractivity contribution in [2.24, 2.45) is 0 Å². The average molecular weight is 1940 g/mol. The van der Waals surface area contributed by atoms with Crippen molar-refractivity contribution in [1.82, 2.24) is 0 Å². The number of furan rings is 3. The van der Waals surface area contributed by atoms with Crippen LogP contribution in [0.2, 0.25) is 0 Å². The van der Waals surface area contributed by atoms with Crippen LogP contribution in [0.25, 0.3) is 133 Å². The Labute approximate surface area is 878 Å². The Morgan fingerprint density at radius 3 is 0.952 bits per heavy atom. The van der Waals surface area contributed by atoms with E-state index in [2.05, 4.69) is 288 Å². The molecule has 15 aromatic rings. The second-order valence-electron chi connectivity index (χ2n) is 48.0. The van der Waals surface area contributed by atoms with Gasteiger partial charge in [0.1, 0.15) is 33.5 Å². The summed E-state index contributed by atoms with van der Waals surface area (Å²) in [7, 11) is 0. The zero-order chi connectivity index (χ0) is 100. The molecule has 0 bridgehead atoms. The van der Waals surface area contributed by atoms with E-state index in [0.29, 0.717) is 0 Å². The van der Waals surface area contributed by atoms with E-state index in [0.717, 1.165) is 72.0 Å². The second-order valence-corrected chi connectivity index (χ2v) is 48.0. The largest absolute Gasteiger partial charge is 0.456 e. The van der Waals surface area contributed by atoms with Gasteiger partial charge in [0, 0.05) is 87.4 Å². The molecule has 3 heterocycles. The summed E-state index contributed by atoms with van der Waals surface area (Å²) < 4.78 is 21.8. The van der Waals surface area contributed by atoms with Crippen molar-refractivity contribution in [2.75, 3.05) is 4.90 Å². The van der Waals surface area contributed by atoms with Crippen LogP contribution in [0.4, 0.5) is 17.1 Å². The Hall–Kier alpha value is -10.2. The molecule has 146 heavy (non-hydrogen) atoms. The number of rotatable bonds is 55. The van der Waals surface area contributed by atoms with Crippen LogP contribution in [-0.2, 0) is 32.5 Å². The Bertz CT molecular complexity index is 7110. The lowest BCUT2D eigenvalue weighted by Crippen LogP contribution is -2.33. The number of para-hydroxylation sites is 3. The first-order valence-electron chi connectivity index (χ1n) is 60.3. The molecule has 0 atom stereocenters. The molecule has 12 aromatic carbocycles. The van der Waals surface area contributed by atoms with Crippen molar-refractivity contribution in [3.05, 3.63) is 267 Å². The summed E-state index contributed by atoms with van der Waals surface area (Å²) >= 11 is 0. The first-order chi connectivity index (χ1) is 71.6. The van der Waals surface area contributed by atoms with E-state index in [4.69, 9.17) is 13.3 Å². The van der Waals surface area contributed by atoms with E-state index in [9.17, 15) is 0 Å². The molecule has 3 aromatic heterocycles. The number of fused-ring (bicyclic) bond motifs is 32. The van der Waals surface area contributed by atoms with E-state index in [1.165, 1.54) is 434 Å². The van der Waals surface area contributed by atoms with Gasteiger partial charge in [-0.1, -0.05) is 475 Å². The summed E-state index contributed by atoms with van der Waals surface area (Å²) in [6.45, 7) is 29.3. The van der Waals surface area contributed by atoms with Crippen molar-refractivity contribution in [3.63, 3.8) is 0 Å². The van der Waals surface area contributed by atoms with Crippen LogP contribution >= 0.6 is 0 Å². The molecule has 4 nitrogen and oxygen atoms in total. The van der Waals surface area contributed by atoms with Gasteiger partial charge < -0.3 is 18.2 Å². The summed E-state index contributed by atoms with van der Waals surface area (Å²) in [4.78, 5) is 2.88. The maximum absolute atomic E-state index is 7.84. The molecule has 0 aliphatic heterocycles. The lowest BCUT2D eigenvalue weighted by Gasteiger charge is -2.40. The molecule has 0 fully saturated rings. The van der Waals surface area contributed by atoms with Crippen molar-refractivity contribution < 1.29 is 13.3 Å². The monoisotopic (exact) mass is 1940 g/mol. The summed E-state index contributed by atoms with van der Waals surface area (Å²) in [5, 5.41) is 7.66. The molecule has 0 N–H and O–H groups in total. The minimum Gasteiger partial charge on any atom is -0.456 e. The van der Waals surface area contributed by atoms with E-state index >= 15 is 0 Å². The van der Waals surface area contributed by atoms with Gasteiger partial charge in [-0.05, 0) is 270 Å². The number of anilines is 3. The first-order valence-corrected chi connectivity index (χ1v) is 60.3. The van der Waals surface area contributed by atoms with Gasteiger partial charge in [-0.2, -0.15) is 0 Å². The third kappa shape index (κ3) is 17.9. The van der Waals surface area contributed by atoms with E-state index < -0.39 is 0 Å². The summed E-state index contributed by atoms with van der Waals surface area (Å²) in [5.74, 6) is 0. The van der Waals surface area contributed by atoms with Gasteiger partial charge >= 0.3 is 0 Å². The molecule has 21 rings (SSSR count). The Morgan fingerprint density at radius 2 is 0.479 bits per heavy atom. The van der Waals surface area contributed by atoms with Crippen LogP contribution in [0.3, 0.4) is 0 Å². The predicted octanol–water partition coefficient (Wildman–Crippen LogP) is 45.0. The maximum atomic E-state index is 7.84. The molecule has 0 amide bonds. The van der Waals surface area contributed by atoms with Crippen molar-refractivity contribution in [1.29, 1.82) is 0 Å². The molecule has 0 saturated carbocycles. The highest BCUT2D eigenvalue weighted by Crippen LogP contribution is 2.70. The predicted molar refractivity (Wildman–Crippen MR) is 628 cm³/mol. The van der Waals surface area contributed by atoms with Gasteiger partial charge in [-0.15, -0.1) is 0 Å². The fourth-order valence-electron chi connectivity index (χ4n) is 30.4. The third-order valence-electron chi connectivity index (χ3n) is 38.0. The summed E-state index contributed by atoms with van der Waals surface area (Å²) in [6.07, 6.45) is 64.8. The molecule has 0 radical (unpaired) electrons. The Kier molecular flexibility index (Phi) is 30.8. The van der Waals surface area contributed by atoms with Gasteiger partial charge in [-0.25, -0.2) is 0 Å². The molecule has 0 unspecified atom stereocenters. The topological polar surface area (TPSA) is 42.7 Å². The lowest BCUT2D eigenvalue weighted by molar-refractivity contribution is 0.369. The van der Waals surface area contributed by atoms with E-state index in [1.807, 2.05) is 0 Å². The molecular formula is C142H173NO3. The van der Waals surface area contributed by atoms with Crippen LogP contribution in [0.15, 0.2) is 213 Å². The number of benzene rings is 12. The minimum absolute atomic E-state index is 0.149. The number of unbranched alkanes of at least 4 members (excludes halogenated alkanes) is 36. The number of nitrogens with zero attached hydrogens (tertiary/aromatic N) is 1. The van der Waals surface area contributed by atoms with Crippen LogP contribution in [0.1, 0.15) is 484 Å². The van der Waals surface area contributed by atoms with Crippen LogP contribution in [0, 0.1) is 0 Å². The molecule has 0 saturated heterocycles. The van der Waals surface area contributed by atoms with Crippen LogP contribution in [-0.4, -0.2) is 0 Å². The van der Waals surface area contributed by atoms with Crippen molar-refractivity contribution in [2.45, 2.75) is 449 Å². The fourth-order valence-corrected chi connectivity index (χ4v) is 30.4. The van der Waals surface area contributed by atoms with E-state index in [-0.39, 0.29) is 32.5 Å². The van der Waals surface area contributed by atoms with Gasteiger partial charge in [0.05, 0.1) is 0 Å². The molecule has 0 spiro atoms. The molecule has 6 aliphatic rings. The highest BCUT2D eigenvalue weighted by molar-refractivity contribution is 6.22. The zero-order valence-electron chi connectivity index (χ0n) is 92.0. The normalized spacial score (nSPS) is 15.4. The summed E-state index contributed by atoms with van der Waals surface area (Å²) in [5.41, 5.74) is 44.0. The molecule has 6 aliphatic carbocycles. The average Bonchev–Trinajstić information content (AvgIpc) is 1.50. The van der Waals surface area contributed by atoms with Crippen molar-refractivity contribution >= 4 is 82.9 Å². The van der Waals surface area contributed by atoms with Gasteiger partial charge in [0.25, 0.3) is 0 Å². The van der Waals surface area contributed by atoms with E-state index in [1.54, 1.807) is 44.5 Å². The van der Waals surface area contributed by atoms with Crippen LogP contribution in [0.5, 0.6) is 0 Å².